The number of para-hydroxylation sites is 2. The topological polar surface area (TPSA) is 52.6 Å². The van der Waals surface area contributed by atoms with Crippen LogP contribution < -0.4 is 9.47 Å². The number of carbonyl (C=O) groups is 2. The first-order valence-electron chi connectivity index (χ1n) is 4.49. The molecule has 0 amide bonds. The third-order valence-corrected chi connectivity index (χ3v) is 1.53. The largest absolute Gasteiger partial charge is 0.482 e. The molecular weight excluding hydrogens is 196 g/mol. The quantitative estimate of drug-likeness (QED) is 0.556. The summed E-state index contributed by atoms with van der Waals surface area (Å²) in [5.74, 6) is 0.204. The van der Waals surface area contributed by atoms with Gasteiger partial charge in [0, 0.05) is 6.92 Å². The van der Waals surface area contributed by atoms with Crippen molar-refractivity contribution in [3.05, 3.63) is 24.3 Å². The highest BCUT2D eigenvalue weighted by atomic mass is 16.6. The van der Waals surface area contributed by atoms with Gasteiger partial charge in [-0.2, -0.15) is 0 Å². The third-order valence-electron chi connectivity index (χ3n) is 1.53. The summed E-state index contributed by atoms with van der Waals surface area (Å²) >= 11 is 0. The molecule has 4 heteroatoms. The summed E-state index contributed by atoms with van der Waals surface area (Å²) in [4.78, 5) is 21.5. The van der Waals surface area contributed by atoms with E-state index in [1.165, 1.54) is 13.8 Å². The number of ketones is 1. The maximum Gasteiger partial charge on any atom is 0.308 e. The SMILES string of the molecule is CC(=O)COc1ccccc1OC(C)=O. The first-order chi connectivity index (χ1) is 7.09. The summed E-state index contributed by atoms with van der Waals surface area (Å²) in [6.45, 7) is 2.70. The van der Waals surface area contributed by atoms with E-state index in [1.54, 1.807) is 24.3 Å². The maximum atomic E-state index is 10.8. The fraction of sp³-hybridized carbons (Fsp3) is 0.273. The van der Waals surface area contributed by atoms with E-state index in [2.05, 4.69) is 0 Å². The minimum absolute atomic E-state index is 0.0295. The lowest BCUT2D eigenvalue weighted by molar-refractivity contribution is -0.132. The normalized spacial score (nSPS) is 9.47. The molecule has 1 rings (SSSR count). The van der Waals surface area contributed by atoms with Crippen LogP contribution in [0.2, 0.25) is 0 Å². The van der Waals surface area contributed by atoms with Crippen molar-refractivity contribution in [1.29, 1.82) is 0 Å². The summed E-state index contributed by atoms with van der Waals surface area (Å²) in [7, 11) is 0. The molecule has 0 unspecified atom stereocenters. The maximum absolute atomic E-state index is 10.8. The second kappa shape index (κ2) is 5.14. The lowest BCUT2D eigenvalue weighted by atomic mass is 10.3. The van der Waals surface area contributed by atoms with Crippen LogP contribution >= 0.6 is 0 Å². The Kier molecular flexibility index (Phi) is 3.85. The number of carbonyl (C=O) groups excluding carboxylic acids is 2. The second-order valence-electron chi connectivity index (χ2n) is 3.03. The van der Waals surface area contributed by atoms with E-state index in [1.807, 2.05) is 0 Å². The number of benzene rings is 1. The molecule has 0 bridgehead atoms. The fourth-order valence-corrected chi connectivity index (χ4v) is 0.988. The van der Waals surface area contributed by atoms with Crippen molar-refractivity contribution in [3.63, 3.8) is 0 Å². The number of rotatable bonds is 4. The summed E-state index contributed by atoms with van der Waals surface area (Å²) in [5.41, 5.74) is 0. The van der Waals surface area contributed by atoms with Gasteiger partial charge in [-0.25, -0.2) is 0 Å². The monoisotopic (exact) mass is 208 g/mol. The molecule has 80 valence electrons. The van der Waals surface area contributed by atoms with Gasteiger partial charge in [0.2, 0.25) is 0 Å². The van der Waals surface area contributed by atoms with Crippen molar-refractivity contribution < 1.29 is 19.1 Å². The van der Waals surface area contributed by atoms with Crippen LogP contribution in [-0.4, -0.2) is 18.4 Å². The zero-order valence-electron chi connectivity index (χ0n) is 8.65. The molecular formula is C11H12O4. The Morgan fingerprint density at radius 2 is 1.73 bits per heavy atom. The van der Waals surface area contributed by atoms with Crippen LogP contribution in [0.5, 0.6) is 11.5 Å². The summed E-state index contributed by atoms with van der Waals surface area (Å²) < 4.78 is 10.1. The molecule has 1 aromatic carbocycles. The zero-order valence-corrected chi connectivity index (χ0v) is 8.65. The van der Waals surface area contributed by atoms with Crippen LogP contribution in [-0.2, 0) is 9.59 Å². The van der Waals surface area contributed by atoms with Crippen LogP contribution in [0, 0.1) is 0 Å². The van der Waals surface area contributed by atoms with Crippen LogP contribution in [0.25, 0.3) is 0 Å². The lowest BCUT2D eigenvalue weighted by Crippen LogP contribution is -2.09. The van der Waals surface area contributed by atoms with Crippen molar-refractivity contribution in [2.75, 3.05) is 6.61 Å². The van der Waals surface area contributed by atoms with E-state index in [4.69, 9.17) is 9.47 Å². The van der Waals surface area contributed by atoms with Gasteiger partial charge in [0.1, 0.15) is 6.61 Å². The molecule has 0 spiro atoms. The van der Waals surface area contributed by atoms with Gasteiger partial charge in [0.15, 0.2) is 17.3 Å². The van der Waals surface area contributed by atoms with E-state index in [0.717, 1.165) is 0 Å². The average molecular weight is 208 g/mol. The molecule has 1 aromatic rings. The van der Waals surface area contributed by atoms with Crippen molar-refractivity contribution in [1.82, 2.24) is 0 Å². The molecule has 0 saturated heterocycles. The average Bonchev–Trinajstić information content (AvgIpc) is 2.15. The Bertz CT molecular complexity index is 371. The van der Waals surface area contributed by atoms with Gasteiger partial charge in [-0.1, -0.05) is 12.1 Å². The Morgan fingerprint density at radius 3 is 2.27 bits per heavy atom. The molecule has 0 fully saturated rings. The van der Waals surface area contributed by atoms with E-state index >= 15 is 0 Å². The molecule has 0 N–H and O–H groups in total. The molecule has 0 aliphatic rings. The highest BCUT2D eigenvalue weighted by Gasteiger charge is 2.06. The Labute approximate surface area is 87.8 Å². The summed E-state index contributed by atoms with van der Waals surface area (Å²) in [5, 5.41) is 0. The summed E-state index contributed by atoms with van der Waals surface area (Å²) in [6, 6.07) is 6.71. The Balaban J connectivity index is 2.76. The molecule has 0 aromatic heterocycles. The summed E-state index contributed by atoms with van der Waals surface area (Å²) in [6.07, 6.45) is 0. The van der Waals surface area contributed by atoms with Gasteiger partial charge < -0.3 is 9.47 Å². The molecule has 15 heavy (non-hydrogen) atoms. The minimum atomic E-state index is -0.422. The standard InChI is InChI=1S/C11H12O4/c1-8(12)7-14-10-5-3-4-6-11(10)15-9(2)13/h3-6H,7H2,1-2H3. The molecule has 0 heterocycles. The first-order valence-corrected chi connectivity index (χ1v) is 4.49. The number of hydrogen-bond donors (Lipinski definition) is 0. The van der Waals surface area contributed by atoms with Crippen molar-refractivity contribution in [2.24, 2.45) is 0 Å². The van der Waals surface area contributed by atoms with Crippen molar-refractivity contribution >= 4 is 11.8 Å². The van der Waals surface area contributed by atoms with Crippen molar-refractivity contribution in [3.8, 4) is 11.5 Å². The van der Waals surface area contributed by atoms with Gasteiger partial charge in [0.05, 0.1) is 0 Å². The van der Waals surface area contributed by atoms with Crippen LogP contribution in [0.3, 0.4) is 0 Å². The lowest BCUT2D eigenvalue weighted by Gasteiger charge is -2.08. The molecule has 0 saturated carbocycles. The molecule has 4 nitrogen and oxygen atoms in total. The van der Waals surface area contributed by atoms with E-state index in [0.29, 0.717) is 11.5 Å². The highest BCUT2D eigenvalue weighted by Crippen LogP contribution is 2.26. The third kappa shape index (κ3) is 3.81. The number of esters is 1. The first kappa shape index (κ1) is 11.2. The number of ether oxygens (including phenoxy) is 2. The van der Waals surface area contributed by atoms with Gasteiger partial charge in [-0.05, 0) is 19.1 Å². The molecule has 0 atom stereocenters. The van der Waals surface area contributed by atoms with Gasteiger partial charge in [-0.15, -0.1) is 0 Å². The van der Waals surface area contributed by atoms with Crippen molar-refractivity contribution in [2.45, 2.75) is 13.8 Å². The molecule has 0 radical (unpaired) electrons. The highest BCUT2D eigenvalue weighted by molar-refractivity contribution is 5.77. The van der Waals surface area contributed by atoms with E-state index < -0.39 is 5.97 Å². The van der Waals surface area contributed by atoms with Crippen LogP contribution in [0.4, 0.5) is 0 Å². The minimum Gasteiger partial charge on any atom is -0.482 e. The number of hydrogen-bond acceptors (Lipinski definition) is 4. The van der Waals surface area contributed by atoms with Gasteiger partial charge in [0.25, 0.3) is 0 Å². The Morgan fingerprint density at radius 1 is 1.13 bits per heavy atom. The van der Waals surface area contributed by atoms with Crippen LogP contribution in [0.15, 0.2) is 24.3 Å². The van der Waals surface area contributed by atoms with Gasteiger partial charge in [-0.3, -0.25) is 9.59 Å². The second-order valence-corrected chi connectivity index (χ2v) is 3.03. The zero-order chi connectivity index (χ0) is 11.3. The molecule has 0 aliphatic carbocycles. The number of Topliss-reactive ketones (excluding diaryl/α,β-unsaturated/α-hetero) is 1. The van der Waals surface area contributed by atoms with Gasteiger partial charge >= 0.3 is 5.97 Å². The fourth-order valence-electron chi connectivity index (χ4n) is 0.988. The van der Waals surface area contributed by atoms with E-state index in [-0.39, 0.29) is 12.4 Å². The molecule has 0 aliphatic heterocycles. The Hall–Kier alpha value is -1.84. The smallest absolute Gasteiger partial charge is 0.308 e. The van der Waals surface area contributed by atoms with Crippen LogP contribution in [0.1, 0.15) is 13.8 Å². The predicted octanol–water partition coefficient (Wildman–Crippen LogP) is 1.58. The predicted molar refractivity (Wildman–Crippen MR) is 53.9 cm³/mol. The van der Waals surface area contributed by atoms with E-state index in [9.17, 15) is 9.59 Å².